The number of aryl methyl sites for hydroxylation is 2. The zero-order valence-corrected chi connectivity index (χ0v) is 18.9. The van der Waals surface area contributed by atoms with E-state index in [9.17, 15) is 8.42 Å². The van der Waals surface area contributed by atoms with E-state index in [2.05, 4.69) is 20.1 Å². The fourth-order valence-corrected chi connectivity index (χ4v) is 4.99. The molecule has 2 heterocycles. The zero-order valence-electron chi connectivity index (χ0n) is 16.5. The number of halogens is 1. The van der Waals surface area contributed by atoms with E-state index >= 15 is 0 Å². The van der Waals surface area contributed by atoms with Gasteiger partial charge in [0.05, 0.1) is 38.0 Å². The van der Waals surface area contributed by atoms with Crippen LogP contribution in [0.4, 0.5) is 5.69 Å². The van der Waals surface area contributed by atoms with Crippen LogP contribution in [0.5, 0.6) is 0 Å². The SMILES string of the molecule is CCc1csc(CCNS(=O)(=O)c2ccc(N[C@@H](C)c3ccn(C)n3)c(Cl)c2)n1. The number of benzene rings is 1. The van der Waals surface area contributed by atoms with Crippen molar-refractivity contribution in [2.24, 2.45) is 7.05 Å². The molecule has 156 valence electrons. The molecule has 0 unspecified atom stereocenters. The highest BCUT2D eigenvalue weighted by molar-refractivity contribution is 7.89. The monoisotopic (exact) mass is 453 g/mol. The maximum absolute atomic E-state index is 12.6. The normalized spacial score (nSPS) is 12.8. The molecular formula is C19H24ClN5O2S2. The van der Waals surface area contributed by atoms with Crippen molar-refractivity contribution in [3.8, 4) is 0 Å². The van der Waals surface area contributed by atoms with Gasteiger partial charge >= 0.3 is 0 Å². The molecule has 0 spiro atoms. The molecule has 0 amide bonds. The summed E-state index contributed by atoms with van der Waals surface area (Å²) in [6, 6.07) is 6.52. The Morgan fingerprint density at radius 3 is 2.72 bits per heavy atom. The molecule has 3 rings (SSSR count). The van der Waals surface area contributed by atoms with Gasteiger partial charge in [0.1, 0.15) is 0 Å². The molecule has 0 saturated carbocycles. The summed E-state index contributed by atoms with van der Waals surface area (Å²) in [5.74, 6) is 0. The highest BCUT2D eigenvalue weighted by Crippen LogP contribution is 2.28. The highest BCUT2D eigenvalue weighted by atomic mass is 35.5. The molecule has 2 aromatic heterocycles. The number of hydrogen-bond acceptors (Lipinski definition) is 6. The fraction of sp³-hybridized carbons (Fsp3) is 0.368. The number of nitrogens with one attached hydrogen (secondary N) is 2. The van der Waals surface area contributed by atoms with Gasteiger partial charge in [0.25, 0.3) is 0 Å². The van der Waals surface area contributed by atoms with E-state index in [1.165, 1.54) is 6.07 Å². The van der Waals surface area contributed by atoms with Gasteiger partial charge in [0.2, 0.25) is 10.0 Å². The lowest BCUT2D eigenvalue weighted by molar-refractivity contribution is 0.581. The van der Waals surface area contributed by atoms with Crippen molar-refractivity contribution in [3.63, 3.8) is 0 Å². The van der Waals surface area contributed by atoms with Crippen molar-refractivity contribution >= 4 is 38.6 Å². The van der Waals surface area contributed by atoms with Crippen LogP contribution >= 0.6 is 22.9 Å². The molecule has 3 aromatic rings. The highest BCUT2D eigenvalue weighted by Gasteiger charge is 2.17. The van der Waals surface area contributed by atoms with Gasteiger partial charge in [-0.25, -0.2) is 18.1 Å². The van der Waals surface area contributed by atoms with Crippen molar-refractivity contribution in [1.82, 2.24) is 19.5 Å². The Hall–Kier alpha value is -1.94. The van der Waals surface area contributed by atoms with Crippen LogP contribution in [0, 0.1) is 0 Å². The lowest BCUT2D eigenvalue weighted by atomic mass is 10.2. The number of anilines is 1. The van der Waals surface area contributed by atoms with E-state index < -0.39 is 10.0 Å². The summed E-state index contributed by atoms with van der Waals surface area (Å²) in [5.41, 5.74) is 2.55. The van der Waals surface area contributed by atoms with Crippen molar-refractivity contribution < 1.29 is 8.42 Å². The average Bonchev–Trinajstić information content (AvgIpc) is 3.32. The van der Waals surface area contributed by atoms with Gasteiger partial charge < -0.3 is 5.32 Å². The first kappa shape index (κ1) is 21.8. The van der Waals surface area contributed by atoms with Crippen LogP contribution in [0.3, 0.4) is 0 Å². The summed E-state index contributed by atoms with van der Waals surface area (Å²) < 4.78 is 29.5. The van der Waals surface area contributed by atoms with Crippen LogP contribution in [0.25, 0.3) is 0 Å². The second-order valence-corrected chi connectivity index (χ2v) is 9.77. The molecule has 1 aromatic carbocycles. The molecule has 7 nitrogen and oxygen atoms in total. The minimum atomic E-state index is -3.65. The molecule has 0 aliphatic rings. The zero-order chi connectivity index (χ0) is 21.0. The standard InChI is InChI=1S/C19H24ClN5O2S2/c1-4-14-12-28-19(23-14)7-9-21-29(26,27)15-5-6-18(16(20)11-15)22-13(2)17-8-10-25(3)24-17/h5-6,8,10-13,21-22H,4,7,9H2,1-3H3/t13-/m0/s1. The van der Waals surface area contributed by atoms with Crippen molar-refractivity contribution in [2.45, 2.75) is 37.6 Å². The number of thiazole rings is 1. The Bertz CT molecular complexity index is 1080. The van der Waals surface area contributed by atoms with E-state index in [1.54, 1.807) is 28.2 Å². The summed E-state index contributed by atoms with van der Waals surface area (Å²) in [7, 11) is -1.79. The number of aromatic nitrogens is 3. The quantitative estimate of drug-likeness (QED) is 0.514. The first-order valence-electron chi connectivity index (χ1n) is 9.27. The van der Waals surface area contributed by atoms with Crippen LogP contribution < -0.4 is 10.0 Å². The predicted molar refractivity (Wildman–Crippen MR) is 117 cm³/mol. The molecule has 2 N–H and O–H groups in total. The molecule has 29 heavy (non-hydrogen) atoms. The second kappa shape index (κ2) is 9.25. The third-order valence-electron chi connectivity index (χ3n) is 4.39. The van der Waals surface area contributed by atoms with E-state index in [-0.39, 0.29) is 17.5 Å². The molecule has 0 aliphatic carbocycles. The smallest absolute Gasteiger partial charge is 0.240 e. The Balaban J connectivity index is 1.63. The molecule has 0 radical (unpaired) electrons. The lowest BCUT2D eigenvalue weighted by Crippen LogP contribution is -2.26. The van der Waals surface area contributed by atoms with Crippen LogP contribution in [0.1, 0.15) is 36.3 Å². The second-order valence-electron chi connectivity index (χ2n) is 6.66. The van der Waals surface area contributed by atoms with Gasteiger partial charge in [-0.1, -0.05) is 18.5 Å². The number of rotatable bonds is 9. The first-order valence-corrected chi connectivity index (χ1v) is 12.0. The van der Waals surface area contributed by atoms with Gasteiger partial charge in [-0.3, -0.25) is 4.68 Å². The first-order chi connectivity index (χ1) is 13.8. The number of nitrogens with zero attached hydrogens (tertiary/aromatic N) is 3. The summed E-state index contributed by atoms with van der Waals surface area (Å²) in [4.78, 5) is 4.58. The molecular weight excluding hydrogens is 430 g/mol. The Kier molecular flexibility index (Phi) is 6.94. The molecule has 0 fully saturated rings. The summed E-state index contributed by atoms with van der Waals surface area (Å²) >= 11 is 7.88. The van der Waals surface area contributed by atoms with Gasteiger partial charge in [-0.15, -0.1) is 11.3 Å². The molecule has 1 atom stereocenters. The van der Waals surface area contributed by atoms with Crippen molar-refractivity contribution in [3.05, 3.63) is 57.3 Å². The summed E-state index contributed by atoms with van der Waals surface area (Å²) in [6.45, 7) is 4.29. The minimum absolute atomic E-state index is 0.0689. The summed E-state index contributed by atoms with van der Waals surface area (Å²) in [6.07, 6.45) is 3.30. The topological polar surface area (TPSA) is 88.9 Å². The van der Waals surface area contributed by atoms with Crippen LogP contribution in [-0.2, 0) is 29.9 Å². The van der Waals surface area contributed by atoms with E-state index in [0.29, 0.717) is 17.1 Å². The lowest BCUT2D eigenvalue weighted by Gasteiger charge is -2.15. The van der Waals surface area contributed by atoms with Gasteiger partial charge in [-0.2, -0.15) is 5.10 Å². The third kappa shape index (κ3) is 5.57. The Morgan fingerprint density at radius 1 is 1.31 bits per heavy atom. The van der Waals surface area contributed by atoms with E-state index in [0.717, 1.165) is 22.8 Å². The van der Waals surface area contributed by atoms with Crippen molar-refractivity contribution in [1.29, 1.82) is 0 Å². The maximum atomic E-state index is 12.6. The van der Waals surface area contributed by atoms with Gasteiger partial charge in [-0.05, 0) is 37.6 Å². The van der Waals surface area contributed by atoms with E-state index in [1.807, 2.05) is 38.5 Å². The molecule has 0 bridgehead atoms. The maximum Gasteiger partial charge on any atom is 0.240 e. The summed E-state index contributed by atoms with van der Waals surface area (Å²) in [5, 5.41) is 10.9. The minimum Gasteiger partial charge on any atom is -0.376 e. The molecule has 10 heteroatoms. The Morgan fingerprint density at radius 2 is 2.10 bits per heavy atom. The molecule has 0 aliphatic heterocycles. The predicted octanol–water partition coefficient (Wildman–Crippen LogP) is 3.79. The van der Waals surface area contributed by atoms with Gasteiger partial charge in [0.15, 0.2) is 0 Å². The number of hydrogen-bond donors (Lipinski definition) is 2. The van der Waals surface area contributed by atoms with Crippen LogP contribution in [-0.4, -0.2) is 29.7 Å². The Labute approximate surface area is 180 Å². The largest absolute Gasteiger partial charge is 0.376 e. The van der Waals surface area contributed by atoms with E-state index in [4.69, 9.17) is 11.6 Å². The molecule has 0 saturated heterocycles. The fourth-order valence-electron chi connectivity index (χ4n) is 2.75. The van der Waals surface area contributed by atoms with Crippen LogP contribution in [0.15, 0.2) is 40.7 Å². The number of sulfonamides is 1. The van der Waals surface area contributed by atoms with Gasteiger partial charge in [0, 0.05) is 31.6 Å². The third-order valence-corrected chi connectivity index (χ3v) is 7.12. The average molecular weight is 454 g/mol. The van der Waals surface area contributed by atoms with Crippen molar-refractivity contribution in [2.75, 3.05) is 11.9 Å². The van der Waals surface area contributed by atoms with Crippen LogP contribution in [0.2, 0.25) is 5.02 Å².